The number of hydrogen-bond donors (Lipinski definition) is 2. The molecule has 2 atom stereocenters. The summed E-state index contributed by atoms with van der Waals surface area (Å²) in [6.07, 6.45) is 3.64. The lowest BCUT2D eigenvalue weighted by Gasteiger charge is -2.30. The summed E-state index contributed by atoms with van der Waals surface area (Å²) >= 11 is 0. The number of nitrogens with one attached hydrogen (secondary N) is 1. The van der Waals surface area contributed by atoms with Crippen LogP contribution in [-0.2, 0) is 22.6 Å². The Hall–Kier alpha value is -3.68. The average Bonchev–Trinajstić information content (AvgIpc) is 2.92. The van der Waals surface area contributed by atoms with Crippen LogP contribution >= 0.6 is 0 Å². The molecule has 2 amide bonds. The number of carbonyl (C=O) groups excluding carboxylic acids is 1. The molecule has 0 saturated heterocycles. The number of nitrogens with zero attached hydrogens (tertiary/aromatic N) is 1. The molecule has 0 aliphatic heterocycles. The van der Waals surface area contributed by atoms with Gasteiger partial charge < -0.3 is 24.8 Å². The first-order chi connectivity index (χ1) is 19.3. The number of ether oxygens (including phenoxy) is 2. The SMILES string of the molecule is Cc1cccc(CN(CCO[C@@H]2CCC[C@H](OCc3cccc(C)c3C(=O)O)C2)C(=O)Nc2ccccc2C)c1. The molecule has 7 nitrogen and oxygen atoms in total. The molecule has 1 aliphatic rings. The number of hydrogen-bond acceptors (Lipinski definition) is 4. The maximum absolute atomic E-state index is 13.3. The van der Waals surface area contributed by atoms with E-state index in [1.54, 1.807) is 17.9 Å². The van der Waals surface area contributed by atoms with E-state index in [-0.39, 0.29) is 24.8 Å². The van der Waals surface area contributed by atoms with Gasteiger partial charge in [-0.25, -0.2) is 9.59 Å². The Bertz CT molecular complexity index is 1310. The summed E-state index contributed by atoms with van der Waals surface area (Å²) in [4.78, 5) is 26.8. The summed E-state index contributed by atoms with van der Waals surface area (Å²) in [7, 11) is 0. The van der Waals surface area contributed by atoms with Gasteiger partial charge in [0.2, 0.25) is 0 Å². The van der Waals surface area contributed by atoms with E-state index in [1.807, 2.05) is 68.4 Å². The predicted octanol–water partition coefficient (Wildman–Crippen LogP) is 6.89. The van der Waals surface area contributed by atoms with E-state index < -0.39 is 5.97 Å². The lowest BCUT2D eigenvalue weighted by molar-refractivity contribution is -0.0524. The number of amides is 2. The fourth-order valence-electron chi connectivity index (χ4n) is 5.29. The minimum absolute atomic E-state index is 0.00802. The van der Waals surface area contributed by atoms with Gasteiger partial charge in [-0.15, -0.1) is 0 Å². The number of para-hydroxylation sites is 1. The molecule has 0 radical (unpaired) electrons. The van der Waals surface area contributed by atoms with Crippen LogP contribution in [0.2, 0.25) is 0 Å². The van der Waals surface area contributed by atoms with Crippen molar-refractivity contribution >= 4 is 17.7 Å². The predicted molar refractivity (Wildman–Crippen MR) is 157 cm³/mol. The van der Waals surface area contributed by atoms with Gasteiger partial charge in [0, 0.05) is 18.8 Å². The number of carbonyl (C=O) groups is 2. The molecule has 7 heteroatoms. The summed E-state index contributed by atoms with van der Waals surface area (Å²) in [5.41, 5.74) is 5.79. The molecule has 3 aromatic rings. The smallest absolute Gasteiger partial charge is 0.336 e. The molecule has 0 aromatic heterocycles. The number of carboxylic acids is 1. The van der Waals surface area contributed by atoms with Crippen molar-refractivity contribution in [3.05, 3.63) is 100 Å². The largest absolute Gasteiger partial charge is 0.478 e. The van der Waals surface area contributed by atoms with Crippen molar-refractivity contribution in [2.75, 3.05) is 18.5 Å². The van der Waals surface area contributed by atoms with E-state index in [9.17, 15) is 14.7 Å². The van der Waals surface area contributed by atoms with Crippen LogP contribution in [-0.4, -0.2) is 47.4 Å². The van der Waals surface area contributed by atoms with Crippen LogP contribution in [0.4, 0.5) is 10.5 Å². The molecule has 1 aliphatic carbocycles. The first-order valence-electron chi connectivity index (χ1n) is 14.0. The Morgan fingerprint density at radius 2 is 1.65 bits per heavy atom. The molecule has 3 aromatic carbocycles. The van der Waals surface area contributed by atoms with E-state index in [4.69, 9.17) is 9.47 Å². The van der Waals surface area contributed by atoms with Crippen molar-refractivity contribution in [3.8, 4) is 0 Å². The number of carboxylic acid groups (broad SMARTS) is 1. The van der Waals surface area contributed by atoms with Gasteiger partial charge in [0.25, 0.3) is 0 Å². The topological polar surface area (TPSA) is 88.1 Å². The molecular formula is C33H40N2O5. The van der Waals surface area contributed by atoms with Crippen LogP contribution < -0.4 is 5.32 Å². The van der Waals surface area contributed by atoms with Gasteiger partial charge in [-0.3, -0.25) is 0 Å². The number of urea groups is 1. The van der Waals surface area contributed by atoms with Crippen LogP contribution in [0.1, 0.15) is 63.9 Å². The molecule has 212 valence electrons. The van der Waals surface area contributed by atoms with Gasteiger partial charge in [-0.1, -0.05) is 66.2 Å². The third kappa shape index (κ3) is 8.16. The van der Waals surface area contributed by atoms with Gasteiger partial charge in [0.1, 0.15) is 0 Å². The Labute approximate surface area is 237 Å². The zero-order valence-electron chi connectivity index (χ0n) is 23.7. The first kappa shape index (κ1) is 29.3. The number of anilines is 1. The molecule has 0 heterocycles. The minimum atomic E-state index is -0.928. The van der Waals surface area contributed by atoms with Gasteiger partial charge in [0.05, 0.1) is 31.0 Å². The van der Waals surface area contributed by atoms with E-state index in [1.165, 1.54) is 0 Å². The standard InChI is InChI=1S/C33H40N2O5/c1-23-9-6-12-26(19-23)21-35(33(38)34-30-16-5-4-10-24(30)2)17-18-39-28-14-8-15-29(20-28)40-22-27-13-7-11-25(3)31(27)32(36)37/h4-7,9-13,16,19,28-29H,8,14-15,17-18,20-22H2,1-3H3,(H,34,38)(H,36,37)/t28-,29+/m1/s1. The molecule has 0 bridgehead atoms. The highest BCUT2D eigenvalue weighted by Gasteiger charge is 2.25. The van der Waals surface area contributed by atoms with E-state index in [0.29, 0.717) is 30.8 Å². The van der Waals surface area contributed by atoms with Gasteiger partial charge in [-0.05, 0) is 74.8 Å². The van der Waals surface area contributed by atoms with Gasteiger partial charge in [0.15, 0.2) is 0 Å². The molecule has 40 heavy (non-hydrogen) atoms. The van der Waals surface area contributed by atoms with Crippen molar-refractivity contribution in [1.29, 1.82) is 0 Å². The molecule has 1 fully saturated rings. The summed E-state index contributed by atoms with van der Waals surface area (Å²) < 4.78 is 12.4. The summed E-state index contributed by atoms with van der Waals surface area (Å²) in [6, 6.07) is 21.3. The second kappa shape index (κ2) is 14.1. The number of benzene rings is 3. The number of rotatable bonds is 11. The maximum Gasteiger partial charge on any atom is 0.336 e. The highest BCUT2D eigenvalue weighted by atomic mass is 16.5. The van der Waals surface area contributed by atoms with E-state index in [0.717, 1.165) is 53.6 Å². The Kier molecular flexibility index (Phi) is 10.3. The normalized spacial score (nSPS) is 16.9. The van der Waals surface area contributed by atoms with Crippen LogP contribution in [0.3, 0.4) is 0 Å². The zero-order valence-corrected chi connectivity index (χ0v) is 23.7. The lowest BCUT2D eigenvalue weighted by Crippen LogP contribution is -2.38. The fourth-order valence-corrected chi connectivity index (χ4v) is 5.29. The summed E-state index contributed by atoms with van der Waals surface area (Å²) in [5, 5.41) is 12.7. The van der Waals surface area contributed by atoms with Crippen LogP contribution in [0.25, 0.3) is 0 Å². The van der Waals surface area contributed by atoms with E-state index >= 15 is 0 Å². The maximum atomic E-state index is 13.3. The van der Waals surface area contributed by atoms with Crippen molar-refractivity contribution < 1.29 is 24.2 Å². The Morgan fingerprint density at radius 3 is 2.40 bits per heavy atom. The molecule has 2 N–H and O–H groups in total. The third-order valence-corrected chi connectivity index (χ3v) is 7.47. The van der Waals surface area contributed by atoms with Crippen molar-refractivity contribution in [2.24, 2.45) is 0 Å². The third-order valence-electron chi connectivity index (χ3n) is 7.47. The van der Waals surface area contributed by atoms with Crippen molar-refractivity contribution in [1.82, 2.24) is 4.90 Å². The van der Waals surface area contributed by atoms with Crippen molar-refractivity contribution in [2.45, 2.75) is 71.8 Å². The minimum Gasteiger partial charge on any atom is -0.478 e. The Balaban J connectivity index is 1.33. The van der Waals surface area contributed by atoms with Crippen LogP contribution in [0.15, 0.2) is 66.7 Å². The summed E-state index contributed by atoms with van der Waals surface area (Å²) in [6.45, 7) is 7.47. The average molecular weight is 545 g/mol. The van der Waals surface area contributed by atoms with Crippen LogP contribution in [0, 0.1) is 20.8 Å². The molecule has 0 unspecified atom stereocenters. The highest BCUT2D eigenvalue weighted by Crippen LogP contribution is 2.26. The quantitative estimate of drug-likeness (QED) is 0.274. The first-order valence-corrected chi connectivity index (χ1v) is 14.0. The fraction of sp³-hybridized carbons (Fsp3) is 0.394. The number of aryl methyl sites for hydroxylation is 3. The lowest BCUT2D eigenvalue weighted by atomic mass is 9.94. The number of aromatic carboxylic acids is 1. The molecular weight excluding hydrogens is 504 g/mol. The molecule has 0 spiro atoms. The Morgan fingerprint density at radius 1 is 0.925 bits per heavy atom. The van der Waals surface area contributed by atoms with E-state index in [2.05, 4.69) is 11.4 Å². The highest BCUT2D eigenvalue weighted by molar-refractivity contribution is 5.91. The summed E-state index contributed by atoms with van der Waals surface area (Å²) in [5.74, 6) is -0.928. The zero-order chi connectivity index (χ0) is 28.5. The second-order valence-electron chi connectivity index (χ2n) is 10.7. The second-order valence-corrected chi connectivity index (χ2v) is 10.7. The molecule has 4 rings (SSSR count). The van der Waals surface area contributed by atoms with Crippen LogP contribution in [0.5, 0.6) is 0 Å². The monoisotopic (exact) mass is 544 g/mol. The van der Waals surface area contributed by atoms with Gasteiger partial charge >= 0.3 is 12.0 Å². The molecule has 1 saturated carbocycles. The van der Waals surface area contributed by atoms with Gasteiger partial charge in [-0.2, -0.15) is 0 Å². The van der Waals surface area contributed by atoms with Crippen molar-refractivity contribution in [3.63, 3.8) is 0 Å².